The standard InChI is InChI=1S/C27H33Cl2N5O6S.H2O/c1-27(2,3)40-26(36)33-13-16(14-33)32(4)8-9-34-23-15(12-30-25(31-23)41(7)37)10-17(24(34)35)20-21(28)18(38-5)11-19(39-6)22(20)29;/h10-12,16H,8-9,13-14H2,1-7H3;1H2. The predicted octanol–water partition coefficient (Wildman–Crippen LogP) is 3.25. The number of hydrogen-bond acceptors (Lipinski definition) is 9. The molecule has 0 saturated carbocycles. The third-order valence-corrected chi connectivity index (χ3v) is 8.18. The van der Waals surface area contributed by atoms with Crippen LogP contribution < -0.4 is 15.0 Å². The SMILES string of the molecule is COc1cc(OC)c(Cl)c(-c2cc3cnc(S(C)=O)nc3n(CCN(C)C3CN(C(=O)OC(C)(C)C)C3)c2=O)c1Cl.O. The molecule has 0 spiro atoms. The first-order valence-electron chi connectivity index (χ1n) is 12.8. The van der Waals surface area contributed by atoms with Crippen LogP contribution in [0.5, 0.6) is 11.5 Å². The number of benzene rings is 1. The van der Waals surface area contributed by atoms with Gasteiger partial charge in [-0.05, 0) is 33.9 Å². The normalized spacial score (nSPS) is 14.4. The Morgan fingerprint density at radius 2 is 1.74 bits per heavy atom. The minimum absolute atomic E-state index is 0. The lowest BCUT2D eigenvalue weighted by atomic mass is 10.0. The van der Waals surface area contributed by atoms with Crippen molar-refractivity contribution in [3.05, 3.63) is 38.7 Å². The fourth-order valence-corrected chi connectivity index (χ4v) is 5.56. The van der Waals surface area contributed by atoms with Gasteiger partial charge < -0.3 is 24.6 Å². The number of amides is 1. The second kappa shape index (κ2) is 13.1. The van der Waals surface area contributed by atoms with E-state index in [9.17, 15) is 13.8 Å². The van der Waals surface area contributed by atoms with Crippen molar-refractivity contribution in [1.82, 2.24) is 24.3 Å². The van der Waals surface area contributed by atoms with Crippen molar-refractivity contribution in [2.75, 3.05) is 47.2 Å². The summed E-state index contributed by atoms with van der Waals surface area (Å²) in [6.45, 7) is 7.21. The number of ether oxygens (including phenoxy) is 3. The van der Waals surface area contributed by atoms with Gasteiger partial charge in [-0.25, -0.2) is 14.8 Å². The van der Waals surface area contributed by atoms with Crippen molar-refractivity contribution >= 4 is 51.1 Å². The summed E-state index contributed by atoms with van der Waals surface area (Å²) >= 11 is 13.3. The molecule has 1 unspecified atom stereocenters. The molecule has 1 saturated heterocycles. The van der Waals surface area contributed by atoms with Crippen LogP contribution in [0.25, 0.3) is 22.2 Å². The lowest BCUT2D eigenvalue weighted by Crippen LogP contribution is -2.61. The van der Waals surface area contributed by atoms with Crippen molar-refractivity contribution in [3.8, 4) is 22.6 Å². The first kappa shape index (κ1) is 33.5. The molecule has 1 amide bonds. The summed E-state index contributed by atoms with van der Waals surface area (Å²) in [5, 5.41) is 0.952. The van der Waals surface area contributed by atoms with E-state index in [0.29, 0.717) is 42.2 Å². The number of carbonyl (C=O) groups excluding carboxylic acids is 1. The fourth-order valence-electron chi connectivity index (χ4n) is 4.44. The van der Waals surface area contributed by atoms with Crippen LogP contribution in [0.4, 0.5) is 4.79 Å². The van der Waals surface area contributed by atoms with Gasteiger partial charge >= 0.3 is 6.09 Å². The number of likely N-dealkylation sites (tertiary alicyclic amines) is 1. The van der Waals surface area contributed by atoms with Gasteiger partial charge in [0.15, 0.2) is 0 Å². The molecule has 2 N–H and O–H groups in total. The molecule has 4 rings (SSSR count). The summed E-state index contributed by atoms with van der Waals surface area (Å²) in [6, 6.07) is 3.25. The Labute approximate surface area is 256 Å². The Hall–Kier alpha value is -2.97. The summed E-state index contributed by atoms with van der Waals surface area (Å²) in [6.07, 6.45) is 2.64. The first-order chi connectivity index (χ1) is 19.2. The molecule has 3 aromatic rings. The van der Waals surface area contributed by atoms with Crippen LogP contribution in [0.15, 0.2) is 28.3 Å². The van der Waals surface area contributed by atoms with E-state index in [4.69, 9.17) is 37.4 Å². The van der Waals surface area contributed by atoms with Gasteiger partial charge in [-0.3, -0.25) is 18.5 Å². The number of aromatic nitrogens is 3. The highest BCUT2D eigenvalue weighted by molar-refractivity contribution is 7.84. The predicted molar refractivity (Wildman–Crippen MR) is 163 cm³/mol. The van der Waals surface area contributed by atoms with Gasteiger partial charge in [-0.15, -0.1) is 0 Å². The number of methoxy groups -OCH3 is 2. The Morgan fingerprint density at radius 1 is 1.14 bits per heavy atom. The molecule has 1 aliphatic rings. The highest BCUT2D eigenvalue weighted by atomic mass is 35.5. The molecule has 0 radical (unpaired) electrons. The van der Waals surface area contributed by atoms with Gasteiger partial charge in [0, 0.05) is 61.7 Å². The minimum Gasteiger partial charge on any atom is -0.495 e. The smallest absolute Gasteiger partial charge is 0.410 e. The molecule has 2 aromatic heterocycles. The molecule has 42 heavy (non-hydrogen) atoms. The minimum atomic E-state index is -1.46. The van der Waals surface area contributed by atoms with Crippen LogP contribution in [-0.2, 0) is 22.1 Å². The molecule has 1 aliphatic heterocycles. The van der Waals surface area contributed by atoms with E-state index in [2.05, 4.69) is 14.9 Å². The van der Waals surface area contributed by atoms with Crippen LogP contribution >= 0.6 is 23.2 Å². The number of fused-ring (bicyclic) bond motifs is 1. The van der Waals surface area contributed by atoms with Gasteiger partial charge in [0.05, 0.1) is 40.6 Å². The maximum atomic E-state index is 14.0. The molecular formula is C27H35Cl2N5O7S. The maximum absolute atomic E-state index is 14.0. The van der Waals surface area contributed by atoms with E-state index in [1.165, 1.54) is 31.2 Å². The van der Waals surface area contributed by atoms with Gasteiger partial charge in [0.25, 0.3) is 5.56 Å². The van der Waals surface area contributed by atoms with Crippen molar-refractivity contribution in [2.45, 2.75) is 44.1 Å². The third kappa shape index (κ3) is 6.81. The van der Waals surface area contributed by atoms with Crippen LogP contribution in [0.1, 0.15) is 20.8 Å². The number of likely N-dealkylation sites (N-methyl/N-ethyl adjacent to an activating group) is 1. The number of rotatable bonds is 8. The lowest BCUT2D eigenvalue weighted by molar-refractivity contribution is -0.0112. The third-order valence-electron chi connectivity index (χ3n) is 6.72. The highest BCUT2D eigenvalue weighted by Gasteiger charge is 2.36. The van der Waals surface area contributed by atoms with Crippen molar-refractivity contribution in [1.29, 1.82) is 0 Å². The molecule has 0 aliphatic carbocycles. The van der Waals surface area contributed by atoms with Crippen molar-refractivity contribution in [3.63, 3.8) is 0 Å². The fraction of sp³-hybridized carbons (Fsp3) is 0.481. The molecule has 0 bridgehead atoms. The van der Waals surface area contributed by atoms with Crippen molar-refractivity contribution < 1.29 is 28.7 Å². The summed E-state index contributed by atoms with van der Waals surface area (Å²) in [4.78, 5) is 38.8. The van der Waals surface area contributed by atoms with E-state index in [1.807, 2.05) is 27.8 Å². The number of carbonyl (C=O) groups is 1. The zero-order valence-corrected chi connectivity index (χ0v) is 26.8. The molecular weight excluding hydrogens is 609 g/mol. The Morgan fingerprint density at radius 3 is 2.26 bits per heavy atom. The largest absolute Gasteiger partial charge is 0.495 e. The Balaban J connectivity index is 0.00000484. The van der Waals surface area contributed by atoms with Crippen molar-refractivity contribution in [2.24, 2.45) is 0 Å². The van der Waals surface area contributed by atoms with Crippen LogP contribution in [0, 0.1) is 0 Å². The Bertz CT molecular complexity index is 1540. The molecule has 12 nitrogen and oxygen atoms in total. The second-order valence-electron chi connectivity index (χ2n) is 10.7. The highest BCUT2D eigenvalue weighted by Crippen LogP contribution is 2.45. The molecule has 1 atom stereocenters. The van der Waals surface area contributed by atoms with E-state index in [1.54, 1.807) is 17.0 Å². The molecule has 1 fully saturated rings. The van der Waals surface area contributed by atoms with E-state index < -0.39 is 22.0 Å². The van der Waals surface area contributed by atoms with Gasteiger partial charge in [0.2, 0.25) is 5.16 Å². The number of halogens is 2. The molecule has 1 aromatic carbocycles. The van der Waals surface area contributed by atoms with E-state index in [0.717, 1.165) is 0 Å². The monoisotopic (exact) mass is 643 g/mol. The summed E-state index contributed by atoms with van der Waals surface area (Å²) in [5.41, 5.74) is -0.170. The second-order valence-corrected chi connectivity index (χ2v) is 12.7. The topological polar surface area (TPSA) is 148 Å². The average molecular weight is 645 g/mol. The van der Waals surface area contributed by atoms with Gasteiger partial charge in [-0.1, -0.05) is 23.2 Å². The Kier molecular flexibility index (Phi) is 10.5. The van der Waals surface area contributed by atoms with Crippen LogP contribution in [0.3, 0.4) is 0 Å². The van der Waals surface area contributed by atoms with E-state index >= 15 is 0 Å². The summed E-state index contributed by atoms with van der Waals surface area (Å²) in [5.74, 6) is 0.586. The summed E-state index contributed by atoms with van der Waals surface area (Å²) in [7, 11) is 3.38. The van der Waals surface area contributed by atoms with Crippen LogP contribution in [-0.4, -0.2) is 98.9 Å². The van der Waals surface area contributed by atoms with E-state index in [-0.39, 0.29) is 50.5 Å². The zero-order chi connectivity index (χ0) is 30.2. The average Bonchev–Trinajstić information content (AvgIpc) is 2.86. The lowest BCUT2D eigenvalue weighted by Gasteiger charge is -2.44. The molecule has 230 valence electrons. The van der Waals surface area contributed by atoms with Gasteiger partial charge in [-0.2, -0.15) is 0 Å². The van der Waals surface area contributed by atoms with Gasteiger partial charge in [0.1, 0.15) is 22.7 Å². The maximum Gasteiger partial charge on any atom is 0.410 e. The van der Waals surface area contributed by atoms with Crippen LogP contribution in [0.2, 0.25) is 10.0 Å². The zero-order valence-electron chi connectivity index (χ0n) is 24.5. The number of nitrogens with zero attached hydrogens (tertiary/aromatic N) is 5. The molecule has 15 heteroatoms. The summed E-state index contributed by atoms with van der Waals surface area (Å²) < 4.78 is 29.9. The molecule has 3 heterocycles. The first-order valence-corrected chi connectivity index (χ1v) is 15.1. The quantitative estimate of drug-likeness (QED) is 0.337. The number of hydrogen-bond donors (Lipinski definition) is 0. The number of pyridine rings is 1.